The number of rotatable bonds is 20. The van der Waals surface area contributed by atoms with Gasteiger partial charge in [-0.1, -0.05) is 125 Å². The summed E-state index contributed by atoms with van der Waals surface area (Å²) in [7, 11) is 0. The average Bonchev–Trinajstić information content (AvgIpc) is 2.93. The molecule has 1 heterocycles. The minimum atomic E-state index is 1.25. The molecule has 0 spiro atoms. The van der Waals surface area contributed by atoms with Crippen LogP contribution in [0.1, 0.15) is 101 Å². The van der Waals surface area contributed by atoms with Crippen LogP contribution in [0.4, 0.5) is 0 Å². The van der Waals surface area contributed by atoms with E-state index in [1.807, 2.05) is 0 Å². The monoisotopic (exact) mass is 490 g/mol. The smallest absolute Gasteiger partial charge is 0.0110 e. The van der Waals surface area contributed by atoms with E-state index in [0.717, 1.165) is 0 Å². The zero-order chi connectivity index (χ0) is 24.9. The van der Waals surface area contributed by atoms with Gasteiger partial charge in [0.25, 0.3) is 0 Å². The van der Waals surface area contributed by atoms with Crippen LogP contribution in [0.25, 0.3) is 0 Å². The van der Waals surface area contributed by atoms with E-state index in [-0.39, 0.29) is 0 Å². The van der Waals surface area contributed by atoms with Gasteiger partial charge < -0.3 is 9.80 Å². The Balaban J connectivity index is 1.03. The summed E-state index contributed by atoms with van der Waals surface area (Å²) in [4.78, 5) is 5.43. The van der Waals surface area contributed by atoms with Crippen molar-refractivity contribution < 1.29 is 0 Å². The molecule has 0 aliphatic carbocycles. The van der Waals surface area contributed by atoms with Gasteiger partial charge in [0.15, 0.2) is 0 Å². The first-order valence-electron chi connectivity index (χ1n) is 15.4. The first kappa shape index (κ1) is 28.9. The summed E-state index contributed by atoms with van der Waals surface area (Å²) in [5.41, 5.74) is 3.00. The first-order valence-corrected chi connectivity index (χ1v) is 15.4. The van der Waals surface area contributed by atoms with Crippen molar-refractivity contribution in [1.29, 1.82) is 0 Å². The summed E-state index contributed by atoms with van der Waals surface area (Å²) < 4.78 is 0. The van der Waals surface area contributed by atoms with E-state index in [9.17, 15) is 0 Å². The van der Waals surface area contributed by atoms with Gasteiger partial charge in [-0.15, -0.1) is 0 Å². The summed E-state index contributed by atoms with van der Waals surface area (Å²) in [6.07, 6.45) is 22.2. The molecule has 2 heteroatoms. The van der Waals surface area contributed by atoms with E-state index >= 15 is 0 Å². The van der Waals surface area contributed by atoms with Crippen LogP contribution >= 0.6 is 0 Å². The number of unbranched alkanes of at least 4 members (excludes halogenated alkanes) is 12. The van der Waals surface area contributed by atoms with E-state index in [0.29, 0.717) is 0 Å². The summed E-state index contributed by atoms with van der Waals surface area (Å²) in [6, 6.07) is 21.9. The number of hydrogen-bond acceptors (Lipinski definition) is 2. The predicted octanol–water partition coefficient (Wildman–Crippen LogP) is 8.55. The molecule has 0 saturated carbocycles. The average molecular weight is 491 g/mol. The normalized spacial score (nSPS) is 14.9. The van der Waals surface area contributed by atoms with Gasteiger partial charge in [-0.2, -0.15) is 0 Å². The Labute approximate surface area is 223 Å². The van der Waals surface area contributed by atoms with Gasteiger partial charge in [0.2, 0.25) is 0 Å². The zero-order valence-corrected chi connectivity index (χ0v) is 23.2. The number of piperazine rings is 1. The second kappa shape index (κ2) is 19.5. The second-order valence-electron chi connectivity index (χ2n) is 11.1. The van der Waals surface area contributed by atoms with Crippen molar-refractivity contribution in [2.24, 2.45) is 0 Å². The third-order valence-corrected chi connectivity index (χ3v) is 8.03. The van der Waals surface area contributed by atoms with Crippen molar-refractivity contribution in [2.75, 3.05) is 39.3 Å². The van der Waals surface area contributed by atoms with Crippen LogP contribution in [0.2, 0.25) is 0 Å². The number of benzene rings is 2. The quantitative estimate of drug-likeness (QED) is 0.172. The van der Waals surface area contributed by atoms with Gasteiger partial charge in [-0.25, -0.2) is 0 Å². The highest BCUT2D eigenvalue weighted by atomic mass is 15.3. The van der Waals surface area contributed by atoms with E-state index in [1.54, 1.807) is 0 Å². The Morgan fingerprint density at radius 3 is 1.03 bits per heavy atom. The Morgan fingerprint density at radius 1 is 0.361 bits per heavy atom. The highest BCUT2D eigenvalue weighted by molar-refractivity contribution is 5.15. The van der Waals surface area contributed by atoms with Gasteiger partial charge in [-0.3, -0.25) is 0 Å². The molecule has 0 unspecified atom stereocenters. The lowest BCUT2D eigenvalue weighted by molar-refractivity contribution is 0.129. The maximum Gasteiger partial charge on any atom is 0.0110 e. The summed E-state index contributed by atoms with van der Waals surface area (Å²) in [6.45, 7) is 7.82. The fourth-order valence-electron chi connectivity index (χ4n) is 5.62. The highest BCUT2D eigenvalue weighted by Crippen LogP contribution is 2.13. The molecule has 3 rings (SSSR count). The number of nitrogens with zero attached hydrogens (tertiary/aromatic N) is 2. The Kier molecular flexibility index (Phi) is 15.6. The third-order valence-electron chi connectivity index (χ3n) is 8.03. The molecule has 0 atom stereocenters. The second-order valence-corrected chi connectivity index (χ2v) is 11.1. The molecule has 1 aliphatic heterocycles. The fraction of sp³-hybridized carbons (Fsp3) is 0.647. The summed E-state index contributed by atoms with van der Waals surface area (Å²) in [5, 5.41) is 0. The van der Waals surface area contributed by atoms with E-state index in [2.05, 4.69) is 70.5 Å². The van der Waals surface area contributed by atoms with Crippen LogP contribution in [-0.2, 0) is 12.8 Å². The molecule has 2 aromatic carbocycles. The van der Waals surface area contributed by atoms with Crippen LogP contribution in [0.3, 0.4) is 0 Å². The number of hydrogen-bond donors (Lipinski definition) is 0. The molecule has 2 aromatic rings. The van der Waals surface area contributed by atoms with Crippen molar-refractivity contribution in [3.63, 3.8) is 0 Å². The molecule has 200 valence electrons. The van der Waals surface area contributed by atoms with E-state index in [4.69, 9.17) is 0 Å². The van der Waals surface area contributed by atoms with Gasteiger partial charge in [0, 0.05) is 26.2 Å². The molecule has 1 fully saturated rings. The van der Waals surface area contributed by atoms with Gasteiger partial charge in [0.1, 0.15) is 0 Å². The molecular weight excluding hydrogens is 436 g/mol. The maximum absolute atomic E-state index is 2.71. The molecule has 0 radical (unpaired) electrons. The van der Waals surface area contributed by atoms with Crippen LogP contribution in [0.15, 0.2) is 60.7 Å². The molecule has 0 aromatic heterocycles. The van der Waals surface area contributed by atoms with Crippen molar-refractivity contribution >= 4 is 0 Å². The Hall–Kier alpha value is -1.64. The molecule has 0 bridgehead atoms. The standard InChI is InChI=1S/C34H54N2/c1(3-7-13-21-33-23-15-11-16-24-33)5-9-19-27-35-29-31-36(32-30-35)28-20-10-6-2-4-8-14-22-34-25-17-12-18-26-34/h11-12,15-18,23-26H,1-10,13-14,19-22,27-32H2. The van der Waals surface area contributed by atoms with E-state index in [1.165, 1.54) is 153 Å². The lowest BCUT2D eigenvalue weighted by Gasteiger charge is -2.34. The molecule has 2 nitrogen and oxygen atoms in total. The maximum atomic E-state index is 2.71. The van der Waals surface area contributed by atoms with Crippen molar-refractivity contribution in [3.05, 3.63) is 71.8 Å². The highest BCUT2D eigenvalue weighted by Gasteiger charge is 2.15. The molecule has 36 heavy (non-hydrogen) atoms. The molecular formula is C34H54N2. The lowest BCUT2D eigenvalue weighted by Crippen LogP contribution is -2.46. The lowest BCUT2D eigenvalue weighted by atomic mass is 10.0. The summed E-state index contributed by atoms with van der Waals surface area (Å²) >= 11 is 0. The van der Waals surface area contributed by atoms with Crippen LogP contribution in [0.5, 0.6) is 0 Å². The SMILES string of the molecule is c1ccc(CCCCCCCCCN2CCN(CCCCCCCCCc3ccccc3)CC2)cc1. The molecule has 0 N–H and O–H groups in total. The Bertz CT molecular complexity index is 671. The van der Waals surface area contributed by atoms with Gasteiger partial charge >= 0.3 is 0 Å². The zero-order valence-electron chi connectivity index (χ0n) is 23.2. The summed E-state index contributed by atoms with van der Waals surface area (Å²) in [5.74, 6) is 0. The Morgan fingerprint density at radius 2 is 0.667 bits per heavy atom. The van der Waals surface area contributed by atoms with Crippen molar-refractivity contribution in [1.82, 2.24) is 9.80 Å². The molecule has 1 saturated heterocycles. The van der Waals surface area contributed by atoms with Crippen molar-refractivity contribution in [2.45, 2.75) is 103 Å². The molecule has 0 amide bonds. The minimum Gasteiger partial charge on any atom is -0.301 e. The first-order chi connectivity index (χ1) is 17.9. The van der Waals surface area contributed by atoms with Crippen LogP contribution in [-0.4, -0.2) is 49.1 Å². The van der Waals surface area contributed by atoms with E-state index < -0.39 is 0 Å². The molecule has 1 aliphatic rings. The topological polar surface area (TPSA) is 6.48 Å². The van der Waals surface area contributed by atoms with Crippen LogP contribution in [0, 0.1) is 0 Å². The predicted molar refractivity (Wildman–Crippen MR) is 158 cm³/mol. The number of aryl methyl sites for hydroxylation is 2. The van der Waals surface area contributed by atoms with Crippen molar-refractivity contribution in [3.8, 4) is 0 Å². The third kappa shape index (κ3) is 13.6. The van der Waals surface area contributed by atoms with Crippen LogP contribution < -0.4 is 0 Å². The largest absolute Gasteiger partial charge is 0.301 e. The minimum absolute atomic E-state index is 1.25. The fourth-order valence-corrected chi connectivity index (χ4v) is 5.62. The van der Waals surface area contributed by atoms with Gasteiger partial charge in [0.05, 0.1) is 0 Å². The van der Waals surface area contributed by atoms with Gasteiger partial charge in [-0.05, 0) is 62.7 Å².